The van der Waals surface area contributed by atoms with Crippen LogP contribution in [0.2, 0.25) is 0 Å². The molecule has 3 nitrogen and oxygen atoms in total. The molecule has 1 saturated heterocycles. The number of carbonyl (C=O) groups excluding carboxylic acids is 2. The van der Waals surface area contributed by atoms with Crippen LogP contribution in [0.4, 0.5) is 0 Å². The van der Waals surface area contributed by atoms with Crippen molar-refractivity contribution in [1.82, 2.24) is 4.90 Å². The highest BCUT2D eigenvalue weighted by atomic mass is 79.9. The Bertz CT molecular complexity index is 1150. The van der Waals surface area contributed by atoms with Gasteiger partial charge in [-0.3, -0.25) is 14.5 Å². The van der Waals surface area contributed by atoms with Crippen molar-refractivity contribution >= 4 is 55.6 Å². The number of ketones is 2. The number of Topliss-reactive ketones (excluding diaryl/α,β-unsaturated/α-hetero) is 2. The van der Waals surface area contributed by atoms with E-state index in [0.717, 1.165) is 20.1 Å². The molecule has 0 saturated carbocycles. The predicted octanol–water partition coefficient (Wildman–Crippen LogP) is 6.45. The zero-order valence-electron chi connectivity index (χ0n) is 17.3. The van der Waals surface area contributed by atoms with Crippen LogP contribution < -0.4 is 0 Å². The van der Waals surface area contributed by atoms with Gasteiger partial charge in [-0.2, -0.15) is 0 Å². The van der Waals surface area contributed by atoms with E-state index >= 15 is 0 Å². The highest BCUT2D eigenvalue weighted by Gasteiger charge is 2.27. The van der Waals surface area contributed by atoms with Gasteiger partial charge in [0.05, 0.1) is 6.54 Å². The molecule has 0 spiro atoms. The Hall–Kier alpha value is -2.60. The second-order valence-electron chi connectivity index (χ2n) is 7.71. The van der Waals surface area contributed by atoms with Crippen LogP contribution in [-0.2, 0) is 4.79 Å². The van der Waals surface area contributed by atoms with Crippen molar-refractivity contribution in [3.05, 3.63) is 116 Å². The van der Waals surface area contributed by atoms with Crippen LogP contribution in [0.5, 0.6) is 0 Å². The molecule has 0 amide bonds. The summed E-state index contributed by atoms with van der Waals surface area (Å²) < 4.78 is 1.91. The molecule has 5 heteroatoms. The molecular weight excluding hydrogens is 530 g/mol. The van der Waals surface area contributed by atoms with E-state index in [0.29, 0.717) is 29.8 Å². The summed E-state index contributed by atoms with van der Waals surface area (Å²) in [4.78, 5) is 28.2. The number of carbonyl (C=O) groups is 2. The molecule has 0 aromatic heterocycles. The predicted molar refractivity (Wildman–Crippen MR) is 136 cm³/mol. The zero-order chi connectivity index (χ0) is 22.5. The van der Waals surface area contributed by atoms with Crippen LogP contribution in [0.15, 0.2) is 99.0 Å². The molecule has 0 radical (unpaired) electrons. The number of rotatable bonds is 5. The van der Waals surface area contributed by atoms with Crippen LogP contribution in [0.3, 0.4) is 0 Å². The van der Waals surface area contributed by atoms with Crippen LogP contribution in [0.1, 0.15) is 21.5 Å². The monoisotopic (exact) mass is 549 g/mol. The topological polar surface area (TPSA) is 37.4 Å². The Balaban J connectivity index is 1.66. The minimum Gasteiger partial charge on any atom is -0.293 e. The molecule has 0 aliphatic carbocycles. The second kappa shape index (κ2) is 10.3. The zero-order valence-corrected chi connectivity index (χ0v) is 20.5. The number of benzene rings is 3. The largest absolute Gasteiger partial charge is 0.293 e. The number of hydrogen-bond acceptors (Lipinski definition) is 3. The van der Waals surface area contributed by atoms with Crippen LogP contribution >= 0.6 is 31.9 Å². The molecule has 32 heavy (non-hydrogen) atoms. The van der Waals surface area contributed by atoms with E-state index in [1.165, 1.54) is 0 Å². The fraction of sp³-hybridized carbons (Fsp3) is 0.111. The summed E-state index contributed by atoms with van der Waals surface area (Å²) in [7, 11) is 0. The SMILES string of the molecule is O=C1C(=Cc2cccc(Br)c2)CN(CC(=O)c2ccccc2)CC1=Cc1cccc(Br)c1. The summed E-state index contributed by atoms with van der Waals surface area (Å²) in [5, 5.41) is 0. The van der Waals surface area contributed by atoms with Gasteiger partial charge in [0.1, 0.15) is 0 Å². The number of piperidine rings is 1. The Morgan fingerprint density at radius 1 is 0.781 bits per heavy atom. The van der Waals surface area contributed by atoms with E-state index in [4.69, 9.17) is 0 Å². The van der Waals surface area contributed by atoms with Crippen LogP contribution in [0.25, 0.3) is 12.2 Å². The third-order valence-electron chi connectivity index (χ3n) is 5.21. The third-order valence-corrected chi connectivity index (χ3v) is 6.20. The van der Waals surface area contributed by atoms with Gasteiger partial charge in [0.15, 0.2) is 11.6 Å². The molecule has 1 aliphatic heterocycles. The number of halogens is 2. The minimum atomic E-state index is 0.0216. The Kier molecular flexibility index (Phi) is 7.30. The Labute approximate surface area is 204 Å². The van der Waals surface area contributed by atoms with E-state index in [1.807, 2.05) is 95.9 Å². The van der Waals surface area contributed by atoms with Crippen LogP contribution in [-0.4, -0.2) is 36.1 Å². The van der Waals surface area contributed by atoms with Crippen LogP contribution in [0, 0.1) is 0 Å². The smallest absolute Gasteiger partial charge is 0.187 e. The quantitative estimate of drug-likeness (QED) is 0.271. The summed E-state index contributed by atoms with van der Waals surface area (Å²) in [5.41, 5.74) is 3.92. The Morgan fingerprint density at radius 3 is 1.81 bits per heavy atom. The average Bonchev–Trinajstić information content (AvgIpc) is 2.77. The standard InChI is InChI=1S/C27H21Br2NO2/c28-24-10-4-6-19(14-24)12-22-16-30(18-26(31)21-8-2-1-3-9-21)17-23(27(22)32)13-20-7-5-11-25(29)15-20/h1-15H,16-18H2. The van der Waals surface area contributed by atoms with Crippen molar-refractivity contribution in [2.45, 2.75) is 0 Å². The van der Waals surface area contributed by atoms with Crippen molar-refractivity contribution in [3.63, 3.8) is 0 Å². The number of hydrogen-bond donors (Lipinski definition) is 0. The third kappa shape index (κ3) is 5.80. The molecule has 3 aromatic rings. The van der Waals surface area contributed by atoms with Crippen molar-refractivity contribution < 1.29 is 9.59 Å². The van der Waals surface area contributed by atoms with Gasteiger partial charge in [-0.25, -0.2) is 0 Å². The number of nitrogens with zero attached hydrogens (tertiary/aromatic N) is 1. The van der Waals surface area contributed by atoms with Gasteiger partial charge in [0, 0.05) is 38.7 Å². The lowest BCUT2D eigenvalue weighted by atomic mass is 9.94. The summed E-state index contributed by atoms with van der Waals surface area (Å²) >= 11 is 6.98. The van der Waals surface area contributed by atoms with Gasteiger partial charge in [0.2, 0.25) is 0 Å². The molecule has 0 N–H and O–H groups in total. The van der Waals surface area contributed by atoms with E-state index in [1.54, 1.807) is 0 Å². The molecule has 1 aliphatic rings. The molecule has 0 bridgehead atoms. The van der Waals surface area contributed by atoms with Crippen molar-refractivity contribution in [3.8, 4) is 0 Å². The van der Waals surface area contributed by atoms with Gasteiger partial charge in [-0.1, -0.05) is 86.5 Å². The lowest BCUT2D eigenvalue weighted by Gasteiger charge is -2.29. The molecule has 1 fully saturated rings. The van der Waals surface area contributed by atoms with Gasteiger partial charge >= 0.3 is 0 Å². The molecule has 4 rings (SSSR count). The number of likely N-dealkylation sites (tertiary alicyclic amines) is 1. The maximum Gasteiger partial charge on any atom is 0.187 e. The first-order valence-corrected chi connectivity index (χ1v) is 11.8. The van der Waals surface area contributed by atoms with Gasteiger partial charge in [-0.05, 0) is 47.5 Å². The van der Waals surface area contributed by atoms with E-state index in [9.17, 15) is 9.59 Å². The van der Waals surface area contributed by atoms with Crippen molar-refractivity contribution in [2.24, 2.45) is 0 Å². The Morgan fingerprint density at radius 2 is 1.31 bits per heavy atom. The first kappa shape index (κ1) is 22.6. The normalized spacial score (nSPS) is 17.1. The maximum atomic E-state index is 13.3. The fourth-order valence-corrected chi connectivity index (χ4v) is 4.57. The van der Waals surface area contributed by atoms with Crippen molar-refractivity contribution in [2.75, 3.05) is 19.6 Å². The van der Waals surface area contributed by atoms with Gasteiger partial charge < -0.3 is 0 Å². The fourth-order valence-electron chi connectivity index (χ4n) is 3.74. The summed E-state index contributed by atoms with van der Waals surface area (Å²) in [6.07, 6.45) is 3.84. The lowest BCUT2D eigenvalue weighted by molar-refractivity contribution is -0.113. The highest BCUT2D eigenvalue weighted by Crippen LogP contribution is 2.24. The summed E-state index contributed by atoms with van der Waals surface area (Å²) in [6, 6.07) is 25.0. The first-order chi connectivity index (χ1) is 15.5. The second-order valence-corrected chi connectivity index (χ2v) is 9.54. The molecule has 0 atom stereocenters. The summed E-state index contributed by atoms with van der Waals surface area (Å²) in [5.74, 6) is 0.0666. The van der Waals surface area contributed by atoms with Crippen molar-refractivity contribution in [1.29, 1.82) is 0 Å². The maximum absolute atomic E-state index is 13.3. The first-order valence-electron chi connectivity index (χ1n) is 10.3. The molecule has 3 aromatic carbocycles. The lowest BCUT2D eigenvalue weighted by Crippen LogP contribution is -2.40. The molecular formula is C27H21Br2NO2. The molecule has 1 heterocycles. The highest BCUT2D eigenvalue weighted by molar-refractivity contribution is 9.10. The summed E-state index contributed by atoms with van der Waals surface area (Å²) in [6.45, 7) is 1.11. The molecule has 160 valence electrons. The van der Waals surface area contributed by atoms with E-state index in [-0.39, 0.29) is 18.1 Å². The van der Waals surface area contributed by atoms with E-state index < -0.39 is 0 Å². The molecule has 0 unspecified atom stereocenters. The van der Waals surface area contributed by atoms with Gasteiger partial charge in [0.25, 0.3) is 0 Å². The van der Waals surface area contributed by atoms with Gasteiger partial charge in [-0.15, -0.1) is 0 Å². The van der Waals surface area contributed by atoms with E-state index in [2.05, 4.69) is 31.9 Å². The average molecular weight is 551 g/mol. The minimum absolute atomic E-state index is 0.0216.